The van der Waals surface area contributed by atoms with Gasteiger partial charge in [0.25, 0.3) is 0 Å². The molecule has 2 atom stereocenters. The smallest absolute Gasteiger partial charge is 0.229 e. The summed E-state index contributed by atoms with van der Waals surface area (Å²) in [6.07, 6.45) is 4.80. The average Bonchev–Trinajstić information content (AvgIpc) is 3.47. The van der Waals surface area contributed by atoms with Crippen molar-refractivity contribution in [3.05, 3.63) is 35.5 Å². The summed E-state index contributed by atoms with van der Waals surface area (Å²) >= 11 is 0. The van der Waals surface area contributed by atoms with Crippen molar-refractivity contribution < 1.29 is 19.1 Å². The van der Waals surface area contributed by atoms with Gasteiger partial charge in [-0.25, -0.2) is 0 Å². The normalized spacial score (nSPS) is 27.4. The second kappa shape index (κ2) is 7.04. The molecule has 1 N–H and O–H groups in total. The lowest BCUT2D eigenvalue weighted by Gasteiger charge is -2.38. The summed E-state index contributed by atoms with van der Waals surface area (Å²) in [6.45, 7) is 2.84. The molecule has 2 aliphatic heterocycles. The maximum absolute atomic E-state index is 10.2. The van der Waals surface area contributed by atoms with Gasteiger partial charge in [0.2, 0.25) is 5.89 Å². The van der Waals surface area contributed by atoms with E-state index in [1.165, 1.54) is 12.8 Å². The van der Waals surface area contributed by atoms with Crippen molar-refractivity contribution in [3.63, 3.8) is 0 Å². The van der Waals surface area contributed by atoms with Crippen LogP contribution in [0, 0.1) is 5.41 Å². The number of aromatic nitrogens is 2. The zero-order valence-electron chi connectivity index (χ0n) is 16.3. The Morgan fingerprint density at radius 2 is 2.18 bits per heavy atom. The highest BCUT2D eigenvalue weighted by Crippen LogP contribution is 2.50. The number of fused-ring (bicyclic) bond motifs is 3. The van der Waals surface area contributed by atoms with Crippen molar-refractivity contribution in [1.82, 2.24) is 15.0 Å². The SMILES string of the molecule is COc1ccc2c(c1)OCC1(CO)CN(Cc3noc(C4CCCC4)n3)CC21. The van der Waals surface area contributed by atoms with Crippen LogP contribution >= 0.6 is 0 Å². The number of aliphatic hydroxyl groups excluding tert-OH is 1. The zero-order chi connectivity index (χ0) is 19.1. The fraction of sp³-hybridized carbons (Fsp3) is 0.619. The number of hydrogen-bond donors (Lipinski definition) is 1. The third-order valence-corrected chi connectivity index (χ3v) is 6.70. The van der Waals surface area contributed by atoms with Crippen LogP contribution in [0.25, 0.3) is 0 Å². The largest absolute Gasteiger partial charge is 0.497 e. The summed E-state index contributed by atoms with van der Waals surface area (Å²) in [5.41, 5.74) is 0.850. The summed E-state index contributed by atoms with van der Waals surface area (Å²) in [6, 6.07) is 5.97. The molecule has 1 aromatic carbocycles. The van der Waals surface area contributed by atoms with Gasteiger partial charge in [-0.3, -0.25) is 4.90 Å². The van der Waals surface area contributed by atoms with Gasteiger partial charge in [0.15, 0.2) is 5.82 Å². The average molecular weight is 385 g/mol. The lowest BCUT2D eigenvalue weighted by molar-refractivity contribution is 0.0454. The summed E-state index contributed by atoms with van der Waals surface area (Å²) in [7, 11) is 1.66. The van der Waals surface area contributed by atoms with Crippen molar-refractivity contribution in [2.75, 3.05) is 33.4 Å². The Hall–Kier alpha value is -2.12. The molecule has 3 heterocycles. The number of likely N-dealkylation sites (tertiary alicyclic amines) is 1. The molecule has 1 saturated heterocycles. The molecular weight excluding hydrogens is 358 g/mol. The van der Waals surface area contributed by atoms with Crippen LogP contribution in [0.4, 0.5) is 0 Å². The molecule has 7 nitrogen and oxygen atoms in total. The molecular formula is C21H27N3O4. The van der Waals surface area contributed by atoms with Crippen molar-refractivity contribution in [2.24, 2.45) is 5.41 Å². The van der Waals surface area contributed by atoms with E-state index >= 15 is 0 Å². The molecule has 7 heteroatoms. The van der Waals surface area contributed by atoms with E-state index in [1.807, 2.05) is 12.1 Å². The molecule has 2 unspecified atom stereocenters. The third-order valence-electron chi connectivity index (χ3n) is 6.70. The van der Waals surface area contributed by atoms with Crippen molar-refractivity contribution in [1.29, 1.82) is 0 Å². The van der Waals surface area contributed by atoms with Crippen molar-refractivity contribution in [2.45, 2.75) is 44.1 Å². The molecule has 0 bridgehead atoms. The van der Waals surface area contributed by atoms with E-state index < -0.39 is 0 Å². The summed E-state index contributed by atoms with van der Waals surface area (Å²) < 4.78 is 16.9. The highest BCUT2D eigenvalue weighted by atomic mass is 16.5. The van der Waals surface area contributed by atoms with Crippen molar-refractivity contribution >= 4 is 0 Å². The van der Waals surface area contributed by atoms with Gasteiger partial charge in [-0.2, -0.15) is 4.98 Å². The Labute approximate surface area is 164 Å². The maximum atomic E-state index is 10.2. The van der Waals surface area contributed by atoms with E-state index in [0.29, 0.717) is 19.1 Å². The second-order valence-corrected chi connectivity index (χ2v) is 8.47. The van der Waals surface area contributed by atoms with Crippen LogP contribution in [0.3, 0.4) is 0 Å². The first kappa shape index (κ1) is 17.9. The van der Waals surface area contributed by atoms with E-state index in [9.17, 15) is 5.11 Å². The molecule has 150 valence electrons. The Morgan fingerprint density at radius 3 is 2.96 bits per heavy atom. The summed E-state index contributed by atoms with van der Waals surface area (Å²) in [4.78, 5) is 6.97. The molecule has 0 spiro atoms. The van der Waals surface area contributed by atoms with Crippen LogP contribution in [0.1, 0.15) is 54.8 Å². The van der Waals surface area contributed by atoms with Crippen molar-refractivity contribution in [3.8, 4) is 11.5 Å². The molecule has 1 aliphatic carbocycles. The maximum Gasteiger partial charge on any atom is 0.229 e. The Kier molecular flexibility index (Phi) is 4.51. The van der Waals surface area contributed by atoms with Gasteiger partial charge in [-0.05, 0) is 24.5 Å². The van der Waals surface area contributed by atoms with Crippen LogP contribution in [0.2, 0.25) is 0 Å². The van der Waals surface area contributed by atoms with Crippen LogP contribution in [-0.2, 0) is 6.54 Å². The lowest BCUT2D eigenvalue weighted by Crippen LogP contribution is -2.42. The number of aliphatic hydroxyl groups is 1. The number of benzene rings is 1. The van der Waals surface area contributed by atoms with E-state index in [0.717, 1.165) is 54.7 Å². The highest BCUT2D eigenvalue weighted by Gasteiger charge is 2.51. The standard InChI is InChI=1S/C21H27N3O4/c1-26-15-6-7-16-17-9-24(11-21(17,12-25)13-27-18(16)8-15)10-19-22-20(28-23-19)14-4-2-3-5-14/h6-8,14,17,25H,2-5,9-13H2,1H3. The molecule has 0 amide bonds. The number of ether oxygens (including phenoxy) is 2. The molecule has 2 fully saturated rings. The van der Waals surface area contributed by atoms with E-state index in [1.54, 1.807) is 7.11 Å². The minimum atomic E-state index is -0.292. The first-order chi connectivity index (χ1) is 13.7. The molecule has 3 aliphatic rings. The minimum absolute atomic E-state index is 0.0964. The first-order valence-electron chi connectivity index (χ1n) is 10.2. The molecule has 1 aromatic heterocycles. The van der Waals surface area contributed by atoms with Crippen LogP contribution in [0.5, 0.6) is 11.5 Å². The summed E-state index contributed by atoms with van der Waals surface area (Å²) in [5, 5.41) is 14.4. The van der Waals surface area contributed by atoms with Gasteiger partial charge in [0.05, 0.1) is 26.9 Å². The van der Waals surface area contributed by atoms with Gasteiger partial charge in [0, 0.05) is 36.4 Å². The van der Waals surface area contributed by atoms with Gasteiger partial charge < -0.3 is 19.1 Å². The van der Waals surface area contributed by atoms with E-state index in [-0.39, 0.29) is 17.9 Å². The van der Waals surface area contributed by atoms with Crippen LogP contribution in [-0.4, -0.2) is 53.6 Å². The number of rotatable bonds is 5. The van der Waals surface area contributed by atoms with Gasteiger partial charge >= 0.3 is 0 Å². The third kappa shape index (κ3) is 2.97. The van der Waals surface area contributed by atoms with Crippen LogP contribution < -0.4 is 9.47 Å². The lowest BCUT2D eigenvalue weighted by atomic mass is 9.74. The van der Waals surface area contributed by atoms with Gasteiger partial charge in [-0.1, -0.05) is 24.1 Å². The summed E-state index contributed by atoms with van der Waals surface area (Å²) in [5.74, 6) is 3.83. The first-order valence-corrected chi connectivity index (χ1v) is 10.2. The fourth-order valence-corrected chi connectivity index (χ4v) is 5.12. The number of nitrogens with zero attached hydrogens (tertiary/aromatic N) is 3. The Balaban J connectivity index is 1.34. The number of hydrogen-bond acceptors (Lipinski definition) is 7. The van der Waals surface area contributed by atoms with E-state index in [4.69, 9.17) is 14.0 Å². The topological polar surface area (TPSA) is 80.9 Å². The predicted molar refractivity (Wildman–Crippen MR) is 102 cm³/mol. The Bertz CT molecular complexity index is 848. The fourth-order valence-electron chi connectivity index (χ4n) is 5.12. The monoisotopic (exact) mass is 385 g/mol. The molecule has 28 heavy (non-hydrogen) atoms. The molecule has 2 aromatic rings. The minimum Gasteiger partial charge on any atom is -0.497 e. The molecule has 0 radical (unpaired) electrons. The quantitative estimate of drug-likeness (QED) is 0.847. The molecule has 5 rings (SSSR count). The van der Waals surface area contributed by atoms with Gasteiger partial charge in [-0.15, -0.1) is 0 Å². The zero-order valence-corrected chi connectivity index (χ0v) is 16.3. The van der Waals surface area contributed by atoms with Crippen LogP contribution in [0.15, 0.2) is 22.7 Å². The highest BCUT2D eigenvalue weighted by molar-refractivity contribution is 5.46. The molecule has 1 saturated carbocycles. The Morgan fingerprint density at radius 1 is 1.32 bits per heavy atom. The van der Waals surface area contributed by atoms with Gasteiger partial charge in [0.1, 0.15) is 11.5 Å². The number of methoxy groups -OCH3 is 1. The second-order valence-electron chi connectivity index (χ2n) is 8.47. The predicted octanol–water partition coefficient (Wildman–Crippen LogP) is 2.71. The van der Waals surface area contributed by atoms with E-state index in [2.05, 4.69) is 21.1 Å².